The van der Waals surface area contributed by atoms with Crippen molar-refractivity contribution < 1.29 is 49.1 Å². The molecule has 10 heteroatoms. The van der Waals surface area contributed by atoms with Crippen molar-refractivity contribution in [3.8, 4) is 11.5 Å². The second-order valence-corrected chi connectivity index (χ2v) is 7.34. The van der Waals surface area contributed by atoms with Crippen molar-refractivity contribution in [2.45, 2.75) is 6.61 Å². The van der Waals surface area contributed by atoms with Gasteiger partial charge in [0.15, 0.2) is 5.78 Å². The number of phenols is 2. The Kier molecular flexibility index (Phi) is 5.34. The molecule has 0 saturated carbocycles. The molecule has 3 aromatic carbocycles. The first-order chi connectivity index (χ1) is 16.1. The maximum Gasteiger partial charge on any atom is 0.339 e. The van der Waals surface area contributed by atoms with Crippen LogP contribution in [0.3, 0.4) is 0 Å². The lowest BCUT2D eigenvalue weighted by Crippen LogP contribution is -2.21. The van der Waals surface area contributed by atoms with Gasteiger partial charge in [-0.05, 0) is 42.0 Å². The Bertz CT molecular complexity index is 1430. The van der Waals surface area contributed by atoms with Gasteiger partial charge in [0, 0.05) is 11.1 Å². The lowest BCUT2D eigenvalue weighted by Gasteiger charge is -2.20. The zero-order valence-corrected chi connectivity index (χ0v) is 17.1. The number of aromatic carboxylic acids is 2. The topological polar surface area (TPSA) is 176 Å². The second-order valence-electron chi connectivity index (χ2n) is 7.34. The first kappa shape index (κ1) is 22.2. The van der Waals surface area contributed by atoms with Crippen LogP contribution in [-0.4, -0.2) is 49.9 Å². The number of benzene rings is 3. The van der Waals surface area contributed by atoms with Gasteiger partial charge in [0.1, 0.15) is 18.1 Å². The van der Waals surface area contributed by atoms with Crippen molar-refractivity contribution in [2.75, 3.05) is 0 Å². The quantitative estimate of drug-likeness (QED) is 0.323. The van der Waals surface area contributed by atoms with Crippen molar-refractivity contribution in [3.63, 3.8) is 0 Å². The van der Waals surface area contributed by atoms with Gasteiger partial charge in [0.05, 0.1) is 27.8 Å². The molecule has 0 amide bonds. The molecular weight excluding hydrogens is 448 g/mol. The number of fused-ring (bicyclic) bond motifs is 2. The third kappa shape index (κ3) is 3.62. The minimum Gasteiger partial charge on any atom is -0.507 e. The van der Waals surface area contributed by atoms with Crippen molar-refractivity contribution >= 4 is 29.5 Å². The van der Waals surface area contributed by atoms with Crippen LogP contribution in [0.5, 0.6) is 11.5 Å². The van der Waals surface area contributed by atoms with E-state index in [1.54, 1.807) is 0 Å². The summed E-state index contributed by atoms with van der Waals surface area (Å²) in [6.07, 6.45) is 0. The molecule has 1 aliphatic rings. The monoisotopic (exact) mass is 462 g/mol. The molecule has 0 aliphatic heterocycles. The van der Waals surface area contributed by atoms with E-state index in [0.717, 1.165) is 24.3 Å². The molecule has 1 aliphatic carbocycles. The number of hydrogen-bond donors (Lipinski definition) is 4. The number of aromatic hydroxyl groups is 2. The molecule has 0 unspecified atom stereocenters. The number of rotatable bonds is 5. The highest BCUT2D eigenvalue weighted by molar-refractivity contribution is 6.30. The summed E-state index contributed by atoms with van der Waals surface area (Å²) in [5.74, 6) is -6.32. The molecule has 0 bridgehead atoms. The van der Waals surface area contributed by atoms with Crippen LogP contribution in [0.4, 0.5) is 0 Å². The minimum absolute atomic E-state index is 0.0457. The van der Waals surface area contributed by atoms with Crippen LogP contribution in [-0.2, 0) is 11.3 Å². The zero-order chi connectivity index (χ0) is 24.7. The Morgan fingerprint density at radius 2 is 1.44 bits per heavy atom. The predicted octanol–water partition coefficient (Wildman–Crippen LogP) is 2.63. The molecule has 4 rings (SSSR count). The summed E-state index contributed by atoms with van der Waals surface area (Å²) in [7, 11) is 0. The smallest absolute Gasteiger partial charge is 0.339 e. The van der Waals surface area contributed by atoms with E-state index in [0.29, 0.717) is 0 Å². The van der Waals surface area contributed by atoms with Gasteiger partial charge in [0.25, 0.3) is 0 Å². The van der Waals surface area contributed by atoms with E-state index >= 15 is 0 Å². The molecule has 4 N–H and O–H groups in total. The summed E-state index contributed by atoms with van der Waals surface area (Å²) in [6, 6.07) is 9.23. The van der Waals surface area contributed by atoms with E-state index in [1.165, 1.54) is 24.3 Å². The van der Waals surface area contributed by atoms with Crippen LogP contribution in [0.15, 0.2) is 48.5 Å². The molecule has 10 nitrogen and oxygen atoms in total. The first-order valence-electron chi connectivity index (χ1n) is 9.65. The lowest BCUT2D eigenvalue weighted by atomic mass is 9.82. The molecule has 0 radical (unpaired) electrons. The maximum absolute atomic E-state index is 12.9. The van der Waals surface area contributed by atoms with E-state index in [1.807, 2.05) is 0 Å². The normalized spacial score (nSPS) is 12.0. The first-order valence-corrected chi connectivity index (χ1v) is 9.65. The fourth-order valence-corrected chi connectivity index (χ4v) is 3.68. The largest absolute Gasteiger partial charge is 0.507 e. The van der Waals surface area contributed by atoms with Gasteiger partial charge < -0.3 is 25.2 Å². The number of carboxylic acids is 2. The third-order valence-electron chi connectivity index (χ3n) is 5.25. The number of carbonyl (C=O) groups excluding carboxylic acids is 3. The standard InChI is InChI=1S/C24H14O10/c25-16-3-1-2-13-18(16)21(28)19-15(20(13)27)6-10(7-17(19)26)9-34-24(33)12-5-4-11(22(29)30)8-14(12)23(31)32/h1-8,25-26H,9H2,(H,29,30)(H,31,32). The third-order valence-corrected chi connectivity index (χ3v) is 5.25. The predicted molar refractivity (Wildman–Crippen MR) is 113 cm³/mol. The summed E-state index contributed by atoms with van der Waals surface area (Å²) in [6.45, 7) is -0.492. The molecule has 0 atom stereocenters. The van der Waals surface area contributed by atoms with Gasteiger partial charge >= 0.3 is 17.9 Å². The summed E-state index contributed by atoms with van der Waals surface area (Å²) in [5.41, 5.74) is -1.88. The molecule has 0 heterocycles. The Hall–Kier alpha value is -4.99. The average Bonchev–Trinajstić information content (AvgIpc) is 2.80. The molecule has 0 aromatic heterocycles. The van der Waals surface area contributed by atoms with Gasteiger partial charge in [-0.1, -0.05) is 12.1 Å². The van der Waals surface area contributed by atoms with Crippen LogP contribution < -0.4 is 0 Å². The molecule has 0 fully saturated rings. The number of carboxylic acid groups (broad SMARTS) is 2. The van der Waals surface area contributed by atoms with Crippen LogP contribution >= 0.6 is 0 Å². The van der Waals surface area contributed by atoms with Crippen molar-refractivity contribution in [1.29, 1.82) is 0 Å². The van der Waals surface area contributed by atoms with E-state index in [-0.39, 0.29) is 33.4 Å². The van der Waals surface area contributed by atoms with Crippen molar-refractivity contribution in [3.05, 3.63) is 93.0 Å². The zero-order valence-electron chi connectivity index (χ0n) is 17.1. The summed E-state index contributed by atoms with van der Waals surface area (Å²) in [4.78, 5) is 60.6. The Balaban J connectivity index is 1.63. The fourth-order valence-electron chi connectivity index (χ4n) is 3.68. The maximum atomic E-state index is 12.9. The van der Waals surface area contributed by atoms with Gasteiger partial charge in [0.2, 0.25) is 5.78 Å². The Labute approximate surface area is 190 Å². The Morgan fingerprint density at radius 1 is 0.735 bits per heavy atom. The van der Waals surface area contributed by atoms with Gasteiger partial charge in [-0.15, -0.1) is 0 Å². The van der Waals surface area contributed by atoms with Crippen LogP contribution in [0.25, 0.3) is 0 Å². The van der Waals surface area contributed by atoms with E-state index < -0.39 is 58.7 Å². The molecule has 0 saturated heterocycles. The summed E-state index contributed by atoms with van der Waals surface area (Å²) < 4.78 is 5.10. The molecule has 0 spiro atoms. The number of esters is 1. The molecular formula is C24H14O10. The minimum atomic E-state index is -1.53. The van der Waals surface area contributed by atoms with Crippen molar-refractivity contribution in [2.24, 2.45) is 0 Å². The number of hydrogen-bond acceptors (Lipinski definition) is 8. The summed E-state index contributed by atoms with van der Waals surface area (Å²) >= 11 is 0. The van der Waals surface area contributed by atoms with Crippen molar-refractivity contribution in [1.82, 2.24) is 0 Å². The Morgan fingerprint density at radius 3 is 2.12 bits per heavy atom. The number of ether oxygens (including phenoxy) is 1. The number of carbonyl (C=O) groups is 5. The van der Waals surface area contributed by atoms with Crippen LogP contribution in [0.2, 0.25) is 0 Å². The van der Waals surface area contributed by atoms with Gasteiger partial charge in [-0.25, -0.2) is 14.4 Å². The van der Waals surface area contributed by atoms with E-state index in [4.69, 9.17) is 9.84 Å². The molecule has 3 aromatic rings. The highest BCUT2D eigenvalue weighted by Gasteiger charge is 2.34. The number of ketones is 2. The van der Waals surface area contributed by atoms with E-state index in [2.05, 4.69) is 0 Å². The fraction of sp³-hybridized carbons (Fsp3) is 0.0417. The van der Waals surface area contributed by atoms with E-state index in [9.17, 15) is 39.3 Å². The highest BCUT2D eigenvalue weighted by atomic mass is 16.5. The number of phenolic OH excluding ortho intramolecular Hbond substituents is 2. The molecule has 170 valence electrons. The lowest BCUT2D eigenvalue weighted by molar-refractivity contribution is 0.0462. The molecule has 34 heavy (non-hydrogen) atoms. The van der Waals surface area contributed by atoms with Crippen LogP contribution in [0, 0.1) is 0 Å². The summed E-state index contributed by atoms with van der Waals surface area (Å²) in [5, 5.41) is 38.7. The van der Waals surface area contributed by atoms with Gasteiger partial charge in [-0.3, -0.25) is 9.59 Å². The average molecular weight is 462 g/mol. The van der Waals surface area contributed by atoms with Crippen LogP contribution in [0.1, 0.15) is 68.5 Å². The SMILES string of the molecule is O=C(O)c1ccc(C(=O)OCc2cc(O)c3c(c2)C(=O)c2cccc(O)c2C3=O)c(C(=O)O)c1. The second kappa shape index (κ2) is 8.17. The van der Waals surface area contributed by atoms with Gasteiger partial charge in [-0.2, -0.15) is 0 Å². The highest BCUT2D eigenvalue weighted by Crippen LogP contribution is 2.37.